The summed E-state index contributed by atoms with van der Waals surface area (Å²) in [7, 11) is 0. The maximum Gasteiger partial charge on any atom is 0.0851 e. The molecule has 2 aliphatic rings. The highest BCUT2D eigenvalue weighted by Gasteiger charge is 2.33. The summed E-state index contributed by atoms with van der Waals surface area (Å²) in [6.07, 6.45) is 6.95. The van der Waals surface area contributed by atoms with Crippen LogP contribution in [0.1, 0.15) is 46.0 Å². The van der Waals surface area contributed by atoms with Gasteiger partial charge in [0.1, 0.15) is 0 Å². The molecule has 3 nitrogen and oxygen atoms in total. The van der Waals surface area contributed by atoms with E-state index in [0.717, 1.165) is 26.0 Å². The fourth-order valence-electron chi connectivity index (χ4n) is 2.73. The summed E-state index contributed by atoms with van der Waals surface area (Å²) >= 11 is 0. The van der Waals surface area contributed by atoms with Crippen molar-refractivity contribution < 1.29 is 9.47 Å². The molecule has 2 aliphatic heterocycles. The van der Waals surface area contributed by atoms with Crippen LogP contribution in [-0.4, -0.2) is 37.5 Å². The highest BCUT2D eigenvalue weighted by atomic mass is 16.5. The first-order valence-corrected chi connectivity index (χ1v) is 6.80. The Hall–Kier alpha value is -0.120. The van der Waals surface area contributed by atoms with E-state index in [4.69, 9.17) is 9.47 Å². The Kier molecular flexibility index (Phi) is 4.62. The van der Waals surface area contributed by atoms with Crippen molar-refractivity contribution in [2.75, 3.05) is 13.2 Å². The lowest BCUT2D eigenvalue weighted by Gasteiger charge is -2.33. The molecule has 4 unspecified atom stereocenters. The number of hydrogen-bond acceptors (Lipinski definition) is 3. The van der Waals surface area contributed by atoms with Crippen molar-refractivity contribution in [2.45, 2.75) is 70.3 Å². The van der Waals surface area contributed by atoms with Gasteiger partial charge in [0, 0.05) is 12.6 Å². The largest absolute Gasteiger partial charge is 0.375 e. The summed E-state index contributed by atoms with van der Waals surface area (Å²) in [6, 6.07) is 0.637. The third kappa shape index (κ3) is 3.19. The Balaban J connectivity index is 1.77. The first kappa shape index (κ1) is 12.3. The van der Waals surface area contributed by atoms with Crippen molar-refractivity contribution in [1.82, 2.24) is 5.32 Å². The van der Waals surface area contributed by atoms with Crippen molar-refractivity contribution in [3.63, 3.8) is 0 Å². The minimum absolute atomic E-state index is 0.327. The van der Waals surface area contributed by atoms with Gasteiger partial charge in [0.15, 0.2) is 0 Å². The molecule has 2 fully saturated rings. The number of rotatable bonds is 4. The highest BCUT2D eigenvalue weighted by Crippen LogP contribution is 2.28. The molecule has 0 aliphatic carbocycles. The lowest BCUT2D eigenvalue weighted by atomic mass is 9.97. The van der Waals surface area contributed by atoms with Crippen LogP contribution in [-0.2, 0) is 9.47 Å². The molecule has 2 saturated heterocycles. The first-order valence-electron chi connectivity index (χ1n) is 6.80. The van der Waals surface area contributed by atoms with Gasteiger partial charge in [-0.3, -0.25) is 0 Å². The summed E-state index contributed by atoms with van der Waals surface area (Å²) < 4.78 is 11.8. The van der Waals surface area contributed by atoms with E-state index in [0.29, 0.717) is 24.4 Å². The van der Waals surface area contributed by atoms with Crippen LogP contribution < -0.4 is 5.32 Å². The normalized spacial score (nSPS) is 40.1. The quantitative estimate of drug-likeness (QED) is 0.798. The molecule has 4 atom stereocenters. The van der Waals surface area contributed by atoms with Gasteiger partial charge >= 0.3 is 0 Å². The van der Waals surface area contributed by atoms with Gasteiger partial charge in [0.25, 0.3) is 0 Å². The molecular formula is C13H25NO2. The van der Waals surface area contributed by atoms with Crippen molar-refractivity contribution in [2.24, 2.45) is 0 Å². The molecule has 0 saturated carbocycles. The topological polar surface area (TPSA) is 30.5 Å². The molecule has 16 heavy (non-hydrogen) atoms. The van der Waals surface area contributed by atoms with Gasteiger partial charge in [-0.2, -0.15) is 0 Å². The van der Waals surface area contributed by atoms with Gasteiger partial charge in [-0.05, 0) is 45.6 Å². The SMILES string of the molecule is CCCNC1CCOC(C2CCC(C)O2)C1. The van der Waals surface area contributed by atoms with Crippen molar-refractivity contribution >= 4 is 0 Å². The van der Waals surface area contributed by atoms with Gasteiger partial charge in [-0.25, -0.2) is 0 Å². The average molecular weight is 227 g/mol. The Bertz CT molecular complexity index is 210. The molecule has 3 heteroatoms. The predicted octanol–water partition coefficient (Wildman–Crippen LogP) is 2.10. The minimum atomic E-state index is 0.327. The van der Waals surface area contributed by atoms with E-state index in [-0.39, 0.29) is 0 Å². The summed E-state index contributed by atoms with van der Waals surface area (Å²) in [4.78, 5) is 0. The maximum absolute atomic E-state index is 5.90. The van der Waals surface area contributed by atoms with E-state index in [1.54, 1.807) is 0 Å². The van der Waals surface area contributed by atoms with Gasteiger partial charge in [0.05, 0.1) is 18.3 Å². The molecule has 0 aromatic carbocycles. The van der Waals surface area contributed by atoms with E-state index < -0.39 is 0 Å². The van der Waals surface area contributed by atoms with Crippen LogP contribution in [0, 0.1) is 0 Å². The lowest BCUT2D eigenvalue weighted by molar-refractivity contribution is -0.0907. The van der Waals surface area contributed by atoms with Crippen LogP contribution in [0.4, 0.5) is 0 Å². The Morgan fingerprint density at radius 1 is 1.19 bits per heavy atom. The van der Waals surface area contributed by atoms with Gasteiger partial charge in [-0.1, -0.05) is 6.92 Å². The maximum atomic E-state index is 5.90. The minimum Gasteiger partial charge on any atom is -0.375 e. The zero-order valence-electron chi connectivity index (χ0n) is 10.6. The van der Waals surface area contributed by atoms with E-state index in [9.17, 15) is 0 Å². The van der Waals surface area contributed by atoms with E-state index in [2.05, 4.69) is 19.2 Å². The van der Waals surface area contributed by atoms with Crippen LogP contribution in [0.3, 0.4) is 0 Å². The van der Waals surface area contributed by atoms with Gasteiger partial charge < -0.3 is 14.8 Å². The van der Waals surface area contributed by atoms with Crippen molar-refractivity contribution in [1.29, 1.82) is 0 Å². The molecule has 0 amide bonds. The summed E-state index contributed by atoms with van der Waals surface area (Å²) in [6.45, 7) is 6.39. The number of hydrogen-bond donors (Lipinski definition) is 1. The molecule has 2 rings (SSSR count). The third-order valence-corrected chi connectivity index (χ3v) is 3.68. The molecular weight excluding hydrogens is 202 g/mol. The van der Waals surface area contributed by atoms with Crippen molar-refractivity contribution in [3.05, 3.63) is 0 Å². The second-order valence-electron chi connectivity index (χ2n) is 5.15. The standard InChI is InChI=1S/C13H25NO2/c1-3-7-14-11-6-8-15-13(9-11)12-5-4-10(2)16-12/h10-14H,3-9H2,1-2H3. The first-order chi connectivity index (χ1) is 7.79. The zero-order chi connectivity index (χ0) is 11.4. The predicted molar refractivity (Wildman–Crippen MR) is 64.6 cm³/mol. The smallest absolute Gasteiger partial charge is 0.0851 e. The zero-order valence-corrected chi connectivity index (χ0v) is 10.6. The van der Waals surface area contributed by atoms with Crippen molar-refractivity contribution in [3.8, 4) is 0 Å². The molecule has 2 heterocycles. The average Bonchev–Trinajstić information content (AvgIpc) is 2.74. The highest BCUT2D eigenvalue weighted by molar-refractivity contribution is 4.85. The van der Waals surface area contributed by atoms with Gasteiger partial charge in [0.2, 0.25) is 0 Å². The van der Waals surface area contributed by atoms with Crippen LogP contribution in [0.2, 0.25) is 0 Å². The van der Waals surface area contributed by atoms with E-state index in [1.807, 2.05) is 0 Å². The molecule has 0 spiro atoms. The number of ether oxygens (including phenoxy) is 2. The molecule has 0 radical (unpaired) electrons. The van der Waals surface area contributed by atoms with Crippen LogP contribution >= 0.6 is 0 Å². The number of nitrogens with one attached hydrogen (secondary N) is 1. The lowest BCUT2D eigenvalue weighted by Crippen LogP contribution is -2.43. The summed E-state index contributed by atoms with van der Waals surface area (Å²) in [5.41, 5.74) is 0. The van der Waals surface area contributed by atoms with E-state index in [1.165, 1.54) is 19.3 Å². The summed E-state index contributed by atoms with van der Waals surface area (Å²) in [5, 5.41) is 3.60. The van der Waals surface area contributed by atoms with E-state index >= 15 is 0 Å². The fraction of sp³-hybridized carbons (Fsp3) is 1.00. The van der Waals surface area contributed by atoms with Crippen LogP contribution in [0.15, 0.2) is 0 Å². The second kappa shape index (κ2) is 5.99. The van der Waals surface area contributed by atoms with Crippen LogP contribution in [0.25, 0.3) is 0 Å². The Morgan fingerprint density at radius 2 is 2.06 bits per heavy atom. The Morgan fingerprint density at radius 3 is 2.75 bits per heavy atom. The monoisotopic (exact) mass is 227 g/mol. The molecule has 1 N–H and O–H groups in total. The van der Waals surface area contributed by atoms with Crippen LogP contribution in [0.5, 0.6) is 0 Å². The fourth-order valence-corrected chi connectivity index (χ4v) is 2.73. The summed E-state index contributed by atoms with van der Waals surface area (Å²) in [5.74, 6) is 0. The molecule has 0 aromatic heterocycles. The molecule has 0 bridgehead atoms. The Labute approximate surface area is 98.9 Å². The molecule has 0 aromatic rings. The second-order valence-corrected chi connectivity index (χ2v) is 5.15. The van der Waals surface area contributed by atoms with Gasteiger partial charge in [-0.15, -0.1) is 0 Å². The third-order valence-electron chi connectivity index (χ3n) is 3.68. The molecule has 94 valence electrons.